The average Bonchev–Trinajstić information content (AvgIpc) is 2.50. The molecule has 1 heterocycles. The number of anilines is 1. The van der Waals surface area contributed by atoms with Gasteiger partial charge in [0.15, 0.2) is 0 Å². The van der Waals surface area contributed by atoms with Crippen LogP contribution in [0.1, 0.15) is 22.7 Å². The average molecular weight is 260 g/mol. The van der Waals surface area contributed by atoms with Gasteiger partial charge in [-0.3, -0.25) is 0 Å². The highest BCUT2D eigenvalue weighted by atomic mass is 14.8. The van der Waals surface area contributed by atoms with Crippen LogP contribution in [-0.2, 0) is 0 Å². The Kier molecular flexibility index (Phi) is 3.46. The Labute approximate surface area is 118 Å². The van der Waals surface area contributed by atoms with Crippen LogP contribution in [0.3, 0.4) is 0 Å². The fourth-order valence-corrected chi connectivity index (χ4v) is 2.45. The maximum atomic E-state index is 5.84. The molecule has 0 aliphatic heterocycles. The zero-order valence-electron chi connectivity index (χ0n) is 11.1. The van der Waals surface area contributed by atoms with Crippen molar-refractivity contribution in [3.8, 4) is 0 Å². The van der Waals surface area contributed by atoms with Crippen LogP contribution in [0.25, 0.3) is 0 Å². The molecule has 0 radical (unpaired) electrons. The fourth-order valence-electron chi connectivity index (χ4n) is 2.45. The molecule has 2 heteroatoms. The van der Waals surface area contributed by atoms with Crippen molar-refractivity contribution in [3.05, 3.63) is 95.7 Å². The van der Waals surface area contributed by atoms with Gasteiger partial charge in [0, 0.05) is 0 Å². The lowest BCUT2D eigenvalue weighted by Crippen LogP contribution is -2.06. The van der Waals surface area contributed by atoms with Crippen molar-refractivity contribution in [3.63, 3.8) is 0 Å². The molecule has 0 unspecified atom stereocenters. The molecule has 0 amide bonds. The Morgan fingerprint density at radius 2 is 1.20 bits per heavy atom. The number of aromatic nitrogens is 1. The number of hydrogen-bond acceptors (Lipinski definition) is 2. The van der Waals surface area contributed by atoms with E-state index in [0.717, 1.165) is 5.69 Å². The molecule has 20 heavy (non-hydrogen) atoms. The van der Waals surface area contributed by atoms with Gasteiger partial charge < -0.3 is 5.73 Å². The van der Waals surface area contributed by atoms with Gasteiger partial charge in [-0.1, -0.05) is 66.7 Å². The first-order chi connectivity index (χ1) is 9.84. The molecule has 2 aromatic carbocycles. The highest BCUT2D eigenvalue weighted by molar-refractivity contribution is 5.42. The number of pyridine rings is 1. The van der Waals surface area contributed by atoms with E-state index in [1.54, 1.807) is 0 Å². The number of benzene rings is 2. The zero-order valence-corrected chi connectivity index (χ0v) is 11.1. The van der Waals surface area contributed by atoms with Crippen LogP contribution in [0, 0.1) is 0 Å². The summed E-state index contributed by atoms with van der Waals surface area (Å²) in [7, 11) is 0. The van der Waals surface area contributed by atoms with Gasteiger partial charge in [0.25, 0.3) is 0 Å². The van der Waals surface area contributed by atoms with Crippen LogP contribution in [0.5, 0.6) is 0 Å². The third-order valence-corrected chi connectivity index (χ3v) is 3.35. The van der Waals surface area contributed by atoms with Gasteiger partial charge >= 0.3 is 0 Å². The fraction of sp³-hybridized carbons (Fsp3) is 0.0556. The summed E-state index contributed by atoms with van der Waals surface area (Å²) in [4.78, 5) is 4.50. The zero-order chi connectivity index (χ0) is 13.8. The van der Waals surface area contributed by atoms with E-state index >= 15 is 0 Å². The highest BCUT2D eigenvalue weighted by Gasteiger charge is 2.17. The van der Waals surface area contributed by atoms with E-state index in [1.165, 1.54) is 11.1 Å². The van der Waals surface area contributed by atoms with Crippen molar-refractivity contribution in [2.45, 2.75) is 5.92 Å². The standard InChI is InChI=1S/C18H16N2/c19-17-13-7-12-16(20-17)18(14-8-3-1-4-9-14)15-10-5-2-6-11-15/h1-13,18H,(H2,19,20). The van der Waals surface area contributed by atoms with E-state index in [2.05, 4.69) is 53.5 Å². The molecule has 3 aromatic rings. The molecule has 0 saturated carbocycles. The molecule has 0 aliphatic carbocycles. The lowest BCUT2D eigenvalue weighted by atomic mass is 9.88. The summed E-state index contributed by atoms with van der Waals surface area (Å²) >= 11 is 0. The molecular weight excluding hydrogens is 244 g/mol. The largest absolute Gasteiger partial charge is 0.384 e. The van der Waals surface area contributed by atoms with E-state index in [1.807, 2.05) is 30.3 Å². The van der Waals surface area contributed by atoms with Crippen molar-refractivity contribution < 1.29 is 0 Å². The SMILES string of the molecule is Nc1cccc(C(c2ccccc2)c2ccccc2)n1. The van der Waals surface area contributed by atoms with E-state index in [-0.39, 0.29) is 5.92 Å². The monoisotopic (exact) mass is 260 g/mol. The predicted octanol–water partition coefficient (Wildman–Crippen LogP) is 3.84. The Morgan fingerprint density at radius 1 is 0.650 bits per heavy atom. The topological polar surface area (TPSA) is 38.9 Å². The molecule has 0 bridgehead atoms. The van der Waals surface area contributed by atoms with Crippen molar-refractivity contribution in [2.24, 2.45) is 0 Å². The smallest absolute Gasteiger partial charge is 0.123 e. The van der Waals surface area contributed by atoms with Crippen LogP contribution in [0.4, 0.5) is 5.82 Å². The Bertz CT molecular complexity index is 639. The maximum Gasteiger partial charge on any atom is 0.123 e. The van der Waals surface area contributed by atoms with Crippen LogP contribution in [-0.4, -0.2) is 4.98 Å². The van der Waals surface area contributed by atoms with Gasteiger partial charge in [-0.2, -0.15) is 0 Å². The second-order valence-corrected chi connectivity index (χ2v) is 4.74. The lowest BCUT2D eigenvalue weighted by Gasteiger charge is -2.18. The minimum Gasteiger partial charge on any atom is -0.384 e. The van der Waals surface area contributed by atoms with Crippen molar-refractivity contribution >= 4 is 5.82 Å². The number of hydrogen-bond donors (Lipinski definition) is 1. The second-order valence-electron chi connectivity index (χ2n) is 4.74. The van der Waals surface area contributed by atoms with Gasteiger partial charge in [0.05, 0.1) is 11.6 Å². The van der Waals surface area contributed by atoms with Crippen molar-refractivity contribution in [2.75, 3.05) is 5.73 Å². The molecule has 2 N–H and O–H groups in total. The minimum absolute atomic E-state index is 0.112. The minimum atomic E-state index is 0.112. The summed E-state index contributed by atoms with van der Waals surface area (Å²) in [6, 6.07) is 26.6. The van der Waals surface area contributed by atoms with Gasteiger partial charge in [0.2, 0.25) is 0 Å². The Balaban J connectivity index is 2.14. The first kappa shape index (κ1) is 12.4. The predicted molar refractivity (Wildman–Crippen MR) is 82.5 cm³/mol. The summed E-state index contributed by atoms with van der Waals surface area (Å²) in [6.07, 6.45) is 0. The lowest BCUT2D eigenvalue weighted by molar-refractivity contribution is 0.922. The molecule has 0 spiro atoms. The molecule has 0 saturated heterocycles. The molecule has 3 rings (SSSR count). The number of nitrogen functional groups attached to an aromatic ring is 1. The van der Waals surface area contributed by atoms with Crippen LogP contribution < -0.4 is 5.73 Å². The van der Waals surface area contributed by atoms with E-state index < -0.39 is 0 Å². The van der Waals surface area contributed by atoms with Crippen LogP contribution >= 0.6 is 0 Å². The van der Waals surface area contributed by atoms with Crippen LogP contribution in [0.2, 0.25) is 0 Å². The quantitative estimate of drug-likeness (QED) is 0.777. The molecule has 98 valence electrons. The molecule has 0 atom stereocenters. The highest BCUT2D eigenvalue weighted by Crippen LogP contribution is 2.30. The van der Waals surface area contributed by atoms with Gasteiger partial charge in [-0.25, -0.2) is 4.98 Å². The maximum absolute atomic E-state index is 5.84. The normalized spacial score (nSPS) is 10.7. The first-order valence-electron chi connectivity index (χ1n) is 6.67. The molecule has 2 nitrogen and oxygen atoms in total. The number of nitrogens with zero attached hydrogens (tertiary/aromatic N) is 1. The van der Waals surface area contributed by atoms with Gasteiger partial charge in [0.1, 0.15) is 5.82 Å². The molecule has 1 aromatic heterocycles. The van der Waals surface area contributed by atoms with E-state index in [0.29, 0.717) is 5.82 Å². The number of rotatable bonds is 3. The van der Waals surface area contributed by atoms with Gasteiger partial charge in [-0.05, 0) is 23.3 Å². The van der Waals surface area contributed by atoms with Crippen LogP contribution in [0.15, 0.2) is 78.9 Å². The summed E-state index contributed by atoms with van der Waals surface area (Å²) in [5.74, 6) is 0.667. The molecule has 0 fully saturated rings. The van der Waals surface area contributed by atoms with E-state index in [9.17, 15) is 0 Å². The Morgan fingerprint density at radius 3 is 1.70 bits per heavy atom. The first-order valence-corrected chi connectivity index (χ1v) is 6.67. The summed E-state index contributed by atoms with van der Waals surface area (Å²) < 4.78 is 0. The summed E-state index contributed by atoms with van der Waals surface area (Å²) in [5, 5.41) is 0. The molecular formula is C18H16N2. The number of nitrogens with two attached hydrogens (primary N) is 1. The third kappa shape index (κ3) is 2.54. The van der Waals surface area contributed by atoms with Crippen molar-refractivity contribution in [1.82, 2.24) is 4.98 Å². The second kappa shape index (κ2) is 5.57. The van der Waals surface area contributed by atoms with Crippen molar-refractivity contribution in [1.29, 1.82) is 0 Å². The van der Waals surface area contributed by atoms with Gasteiger partial charge in [-0.15, -0.1) is 0 Å². The Hall–Kier alpha value is -2.61. The molecule has 0 aliphatic rings. The summed E-state index contributed by atoms with van der Waals surface area (Å²) in [6.45, 7) is 0. The summed E-state index contributed by atoms with van der Waals surface area (Å²) in [5.41, 5.74) is 9.25. The third-order valence-electron chi connectivity index (χ3n) is 3.35. The van der Waals surface area contributed by atoms with E-state index in [4.69, 9.17) is 5.73 Å².